The lowest BCUT2D eigenvalue weighted by atomic mass is 9.92. The van der Waals surface area contributed by atoms with E-state index in [0.717, 1.165) is 35.0 Å². The molecule has 3 aromatic rings. The molecule has 1 N–H and O–H groups in total. The molecule has 1 fully saturated rings. The number of para-hydroxylation sites is 1. The molecule has 6 nitrogen and oxygen atoms in total. The molecule has 29 heavy (non-hydrogen) atoms. The van der Waals surface area contributed by atoms with Crippen LogP contribution in [0.25, 0.3) is 10.9 Å². The molecule has 0 unspecified atom stereocenters. The van der Waals surface area contributed by atoms with E-state index in [4.69, 9.17) is 0 Å². The second-order valence-electron chi connectivity index (χ2n) is 9.00. The van der Waals surface area contributed by atoms with Gasteiger partial charge in [0, 0.05) is 48.2 Å². The Kier molecular flexibility index (Phi) is 5.03. The molecular formula is C23H28N4O2. The zero-order chi connectivity index (χ0) is 20.6. The quantitative estimate of drug-likeness (QED) is 0.741. The number of rotatable bonds is 3. The van der Waals surface area contributed by atoms with E-state index in [1.165, 1.54) is 0 Å². The first-order valence-corrected chi connectivity index (χ1v) is 10.3. The van der Waals surface area contributed by atoms with Crippen molar-refractivity contribution >= 4 is 16.8 Å². The van der Waals surface area contributed by atoms with Gasteiger partial charge in [-0.15, -0.1) is 0 Å². The van der Waals surface area contributed by atoms with E-state index < -0.39 is 0 Å². The number of piperidine rings is 1. The maximum absolute atomic E-state index is 13.0. The van der Waals surface area contributed by atoms with Gasteiger partial charge in [-0.2, -0.15) is 0 Å². The van der Waals surface area contributed by atoms with E-state index in [1.54, 1.807) is 23.2 Å². The van der Waals surface area contributed by atoms with Gasteiger partial charge in [0.25, 0.3) is 11.5 Å². The minimum absolute atomic E-state index is 0.00206. The highest BCUT2D eigenvalue weighted by atomic mass is 16.2. The molecule has 1 saturated heterocycles. The minimum atomic E-state index is -0.133. The van der Waals surface area contributed by atoms with Gasteiger partial charge in [0.05, 0.1) is 17.6 Å². The Morgan fingerprint density at radius 2 is 1.93 bits per heavy atom. The summed E-state index contributed by atoms with van der Waals surface area (Å²) in [4.78, 5) is 35.0. The third kappa shape index (κ3) is 3.97. The standard InChI is InChI=1S/C23H28N4O2/c1-23(2,3)20-12-21(28)27(15-25-20)14-16-8-10-26(11-9-16)22(29)18-13-24-19-7-5-4-6-17(18)19/h4-7,12-13,15-16,24H,8-11,14H2,1-3H3. The molecule has 1 aliphatic heterocycles. The number of nitrogens with zero attached hydrogens (tertiary/aromatic N) is 3. The normalized spacial score (nSPS) is 15.8. The van der Waals surface area contributed by atoms with Crippen molar-refractivity contribution in [2.45, 2.75) is 45.6 Å². The number of H-pyrrole nitrogens is 1. The van der Waals surface area contributed by atoms with Gasteiger partial charge in [-0.3, -0.25) is 14.2 Å². The second kappa shape index (κ2) is 7.50. The van der Waals surface area contributed by atoms with Crippen molar-refractivity contribution in [1.82, 2.24) is 19.4 Å². The summed E-state index contributed by atoms with van der Waals surface area (Å²) in [5.41, 5.74) is 2.40. The molecule has 3 heterocycles. The number of carbonyl (C=O) groups excluding carboxylic acids is 1. The minimum Gasteiger partial charge on any atom is -0.360 e. The summed E-state index contributed by atoms with van der Waals surface area (Å²) >= 11 is 0. The molecule has 0 atom stereocenters. The van der Waals surface area contributed by atoms with Gasteiger partial charge < -0.3 is 9.88 Å². The number of fused-ring (bicyclic) bond motifs is 1. The van der Waals surface area contributed by atoms with Gasteiger partial charge in [0.2, 0.25) is 0 Å². The highest BCUT2D eigenvalue weighted by molar-refractivity contribution is 6.06. The van der Waals surface area contributed by atoms with Gasteiger partial charge in [-0.25, -0.2) is 4.98 Å². The lowest BCUT2D eigenvalue weighted by Gasteiger charge is -2.32. The average molecular weight is 393 g/mol. The third-order valence-electron chi connectivity index (χ3n) is 5.82. The summed E-state index contributed by atoms with van der Waals surface area (Å²) in [6, 6.07) is 9.52. The molecule has 2 aromatic heterocycles. The summed E-state index contributed by atoms with van der Waals surface area (Å²) in [6.07, 6.45) is 5.26. The predicted molar refractivity (Wildman–Crippen MR) is 114 cm³/mol. The number of nitrogens with one attached hydrogen (secondary N) is 1. The summed E-state index contributed by atoms with van der Waals surface area (Å²) in [5, 5.41) is 0.969. The molecule has 1 aromatic carbocycles. The van der Waals surface area contributed by atoms with E-state index in [1.807, 2.05) is 29.2 Å². The third-order valence-corrected chi connectivity index (χ3v) is 5.82. The second-order valence-corrected chi connectivity index (χ2v) is 9.00. The highest BCUT2D eigenvalue weighted by Crippen LogP contribution is 2.24. The monoisotopic (exact) mass is 392 g/mol. The van der Waals surface area contributed by atoms with E-state index in [0.29, 0.717) is 25.6 Å². The Balaban J connectivity index is 1.40. The van der Waals surface area contributed by atoms with Crippen LogP contribution in [-0.4, -0.2) is 38.4 Å². The van der Waals surface area contributed by atoms with Crippen LogP contribution in [0.15, 0.2) is 47.7 Å². The lowest BCUT2D eigenvalue weighted by molar-refractivity contribution is 0.0684. The average Bonchev–Trinajstić information content (AvgIpc) is 3.13. The Morgan fingerprint density at radius 3 is 2.62 bits per heavy atom. The molecule has 152 valence electrons. The summed E-state index contributed by atoms with van der Waals surface area (Å²) in [7, 11) is 0. The van der Waals surface area contributed by atoms with Crippen LogP contribution in [0.3, 0.4) is 0 Å². The van der Waals surface area contributed by atoms with Crippen molar-refractivity contribution in [1.29, 1.82) is 0 Å². The molecule has 1 aliphatic rings. The number of carbonyl (C=O) groups is 1. The molecule has 1 amide bonds. The fourth-order valence-electron chi connectivity index (χ4n) is 3.99. The first kappa shape index (κ1) is 19.4. The smallest absolute Gasteiger partial charge is 0.256 e. The summed E-state index contributed by atoms with van der Waals surface area (Å²) in [5.74, 6) is 0.455. The van der Waals surface area contributed by atoms with Gasteiger partial charge in [-0.1, -0.05) is 39.0 Å². The van der Waals surface area contributed by atoms with Crippen LogP contribution in [0, 0.1) is 5.92 Å². The molecular weight excluding hydrogens is 364 g/mol. The maximum Gasteiger partial charge on any atom is 0.256 e. The van der Waals surface area contributed by atoms with Crippen molar-refractivity contribution in [2.24, 2.45) is 5.92 Å². The summed E-state index contributed by atoms with van der Waals surface area (Å²) < 4.78 is 1.71. The van der Waals surface area contributed by atoms with Gasteiger partial charge >= 0.3 is 0 Å². The van der Waals surface area contributed by atoms with Crippen molar-refractivity contribution in [3.8, 4) is 0 Å². The number of hydrogen-bond acceptors (Lipinski definition) is 3. The predicted octanol–water partition coefficient (Wildman–Crippen LogP) is 3.57. The molecule has 0 saturated carbocycles. The van der Waals surface area contributed by atoms with E-state index in [2.05, 4.69) is 30.7 Å². The van der Waals surface area contributed by atoms with Gasteiger partial charge in [0.15, 0.2) is 0 Å². The number of hydrogen-bond donors (Lipinski definition) is 1. The van der Waals surface area contributed by atoms with Crippen LogP contribution in [-0.2, 0) is 12.0 Å². The van der Waals surface area contributed by atoms with Gasteiger partial charge in [0.1, 0.15) is 0 Å². The highest BCUT2D eigenvalue weighted by Gasteiger charge is 2.26. The van der Waals surface area contributed by atoms with E-state index in [9.17, 15) is 9.59 Å². The van der Waals surface area contributed by atoms with Crippen molar-refractivity contribution in [3.63, 3.8) is 0 Å². The van der Waals surface area contributed by atoms with Crippen LogP contribution in [0.4, 0.5) is 0 Å². The Labute approximate surface area is 170 Å². The van der Waals surface area contributed by atoms with Crippen LogP contribution in [0.2, 0.25) is 0 Å². The first-order chi connectivity index (χ1) is 13.8. The lowest BCUT2D eigenvalue weighted by Crippen LogP contribution is -2.40. The molecule has 0 aliphatic carbocycles. The number of aromatic nitrogens is 3. The zero-order valence-corrected chi connectivity index (χ0v) is 17.3. The Bertz CT molecular complexity index is 1080. The van der Waals surface area contributed by atoms with Crippen molar-refractivity contribution in [2.75, 3.05) is 13.1 Å². The van der Waals surface area contributed by atoms with E-state index in [-0.39, 0.29) is 16.9 Å². The van der Waals surface area contributed by atoms with Crippen LogP contribution < -0.4 is 5.56 Å². The van der Waals surface area contributed by atoms with Crippen molar-refractivity contribution < 1.29 is 4.79 Å². The first-order valence-electron chi connectivity index (χ1n) is 10.3. The number of amides is 1. The fourth-order valence-corrected chi connectivity index (χ4v) is 3.99. The molecule has 6 heteroatoms. The molecule has 0 spiro atoms. The number of benzene rings is 1. The van der Waals surface area contributed by atoms with E-state index >= 15 is 0 Å². The zero-order valence-electron chi connectivity index (χ0n) is 17.3. The van der Waals surface area contributed by atoms with Crippen LogP contribution >= 0.6 is 0 Å². The molecule has 4 rings (SSSR count). The maximum atomic E-state index is 13.0. The SMILES string of the molecule is CC(C)(C)c1cc(=O)n(CC2CCN(C(=O)c3c[nH]c4ccccc34)CC2)cn1. The van der Waals surface area contributed by atoms with Gasteiger partial charge in [-0.05, 0) is 24.8 Å². The molecule has 0 radical (unpaired) electrons. The Hall–Kier alpha value is -2.89. The van der Waals surface area contributed by atoms with Crippen LogP contribution in [0.1, 0.15) is 49.7 Å². The topological polar surface area (TPSA) is 71.0 Å². The number of aromatic amines is 1. The summed E-state index contributed by atoms with van der Waals surface area (Å²) in [6.45, 7) is 8.25. The number of likely N-dealkylation sites (tertiary alicyclic amines) is 1. The van der Waals surface area contributed by atoms with Crippen LogP contribution in [0.5, 0.6) is 0 Å². The fraction of sp³-hybridized carbons (Fsp3) is 0.435. The van der Waals surface area contributed by atoms with Crippen molar-refractivity contribution in [3.05, 3.63) is 64.5 Å². The Morgan fingerprint density at radius 1 is 1.21 bits per heavy atom. The molecule has 0 bridgehead atoms. The largest absolute Gasteiger partial charge is 0.360 e.